The van der Waals surface area contributed by atoms with Crippen LogP contribution in [0.25, 0.3) is 11.2 Å². The maximum atomic E-state index is 5.45. The molecular formula is C12H18N4O. The molecule has 0 atom stereocenters. The molecule has 17 heavy (non-hydrogen) atoms. The number of imidazole rings is 1. The molecule has 0 amide bonds. The van der Waals surface area contributed by atoms with Crippen LogP contribution in [0, 0.1) is 0 Å². The van der Waals surface area contributed by atoms with Crippen molar-refractivity contribution in [1.82, 2.24) is 14.5 Å². The molecule has 5 nitrogen and oxygen atoms in total. The molecule has 0 aliphatic rings. The summed E-state index contributed by atoms with van der Waals surface area (Å²) in [5.41, 5.74) is 7.25. The zero-order valence-electron chi connectivity index (χ0n) is 10.1. The Kier molecular flexibility index (Phi) is 4.06. The van der Waals surface area contributed by atoms with Crippen LogP contribution in [0.5, 0.6) is 0 Å². The molecule has 2 N–H and O–H groups in total. The zero-order chi connectivity index (χ0) is 12.1. The highest BCUT2D eigenvalue weighted by Crippen LogP contribution is 2.14. The minimum Gasteiger partial charge on any atom is -0.372 e. The van der Waals surface area contributed by atoms with Gasteiger partial charge in [-0.05, 0) is 18.6 Å². The summed E-state index contributed by atoms with van der Waals surface area (Å²) in [7, 11) is 0. The highest BCUT2D eigenvalue weighted by atomic mass is 16.5. The standard InChI is InChI=1S/C12H18N4O/c1-2-7-16-11(9-17-8-5-13)15-10-4-3-6-14-12(10)16/h3-4,6H,2,5,7-9,13H2,1H3. The molecule has 0 unspecified atom stereocenters. The molecule has 2 aromatic rings. The van der Waals surface area contributed by atoms with E-state index in [9.17, 15) is 0 Å². The van der Waals surface area contributed by atoms with E-state index in [0.717, 1.165) is 30.0 Å². The number of hydrogen-bond acceptors (Lipinski definition) is 4. The highest BCUT2D eigenvalue weighted by molar-refractivity contribution is 5.71. The van der Waals surface area contributed by atoms with Gasteiger partial charge in [-0.15, -0.1) is 0 Å². The minimum absolute atomic E-state index is 0.494. The molecule has 2 aromatic heterocycles. The molecule has 0 aromatic carbocycles. The van der Waals surface area contributed by atoms with Crippen molar-refractivity contribution >= 4 is 11.2 Å². The molecular weight excluding hydrogens is 216 g/mol. The average molecular weight is 234 g/mol. The largest absolute Gasteiger partial charge is 0.372 e. The third-order valence-electron chi connectivity index (χ3n) is 2.52. The van der Waals surface area contributed by atoms with E-state index in [2.05, 4.69) is 21.5 Å². The SMILES string of the molecule is CCCn1c(COCCN)nc2cccnc21. The summed E-state index contributed by atoms with van der Waals surface area (Å²) < 4.78 is 7.57. The van der Waals surface area contributed by atoms with Crippen LogP contribution >= 0.6 is 0 Å². The predicted octanol–water partition coefficient (Wildman–Crippen LogP) is 1.32. The number of ether oxygens (including phenoxy) is 1. The molecule has 2 rings (SSSR count). The molecule has 0 fully saturated rings. The first-order valence-electron chi connectivity index (χ1n) is 5.94. The van der Waals surface area contributed by atoms with Crippen LogP contribution in [0.4, 0.5) is 0 Å². The second-order valence-electron chi connectivity index (χ2n) is 3.87. The lowest BCUT2D eigenvalue weighted by atomic mass is 10.4. The maximum absolute atomic E-state index is 5.45. The van der Waals surface area contributed by atoms with Gasteiger partial charge >= 0.3 is 0 Å². The monoisotopic (exact) mass is 234 g/mol. The summed E-state index contributed by atoms with van der Waals surface area (Å²) in [4.78, 5) is 8.91. The van der Waals surface area contributed by atoms with Crippen LogP contribution in [0.1, 0.15) is 19.2 Å². The van der Waals surface area contributed by atoms with E-state index < -0.39 is 0 Å². The van der Waals surface area contributed by atoms with Crippen LogP contribution in [0.3, 0.4) is 0 Å². The van der Waals surface area contributed by atoms with Crippen molar-refractivity contribution in [2.24, 2.45) is 5.73 Å². The summed E-state index contributed by atoms with van der Waals surface area (Å²) in [6.07, 6.45) is 2.84. The normalized spacial score (nSPS) is 11.2. The molecule has 0 aliphatic carbocycles. The van der Waals surface area contributed by atoms with Gasteiger partial charge in [0.05, 0.1) is 6.61 Å². The van der Waals surface area contributed by atoms with Gasteiger partial charge in [-0.3, -0.25) is 0 Å². The number of aromatic nitrogens is 3. The van der Waals surface area contributed by atoms with Gasteiger partial charge in [0.1, 0.15) is 17.9 Å². The Bertz CT molecular complexity index is 480. The van der Waals surface area contributed by atoms with Crippen molar-refractivity contribution in [3.63, 3.8) is 0 Å². The van der Waals surface area contributed by atoms with Crippen LogP contribution < -0.4 is 5.73 Å². The zero-order valence-corrected chi connectivity index (χ0v) is 10.1. The first kappa shape index (κ1) is 12.0. The number of nitrogens with zero attached hydrogens (tertiary/aromatic N) is 3. The Balaban J connectivity index is 2.29. The second-order valence-corrected chi connectivity index (χ2v) is 3.87. The number of pyridine rings is 1. The van der Waals surface area contributed by atoms with Gasteiger partial charge in [-0.2, -0.15) is 0 Å². The molecule has 0 spiro atoms. The van der Waals surface area contributed by atoms with Crippen molar-refractivity contribution in [2.45, 2.75) is 26.5 Å². The lowest BCUT2D eigenvalue weighted by Crippen LogP contribution is -2.11. The van der Waals surface area contributed by atoms with E-state index in [-0.39, 0.29) is 0 Å². The lowest BCUT2D eigenvalue weighted by molar-refractivity contribution is 0.120. The first-order valence-corrected chi connectivity index (χ1v) is 5.94. The average Bonchev–Trinajstić information content (AvgIpc) is 2.69. The maximum Gasteiger partial charge on any atom is 0.160 e. The highest BCUT2D eigenvalue weighted by Gasteiger charge is 2.10. The topological polar surface area (TPSA) is 66.0 Å². The van der Waals surface area contributed by atoms with Crippen LogP contribution in [0.2, 0.25) is 0 Å². The van der Waals surface area contributed by atoms with Gasteiger partial charge in [-0.1, -0.05) is 6.92 Å². The number of nitrogens with two attached hydrogens (primary N) is 1. The summed E-state index contributed by atoms with van der Waals surface area (Å²) in [6.45, 7) is 4.64. The Morgan fingerprint density at radius 2 is 2.35 bits per heavy atom. The summed E-state index contributed by atoms with van der Waals surface area (Å²) in [5.74, 6) is 0.925. The van der Waals surface area contributed by atoms with Crippen LogP contribution in [-0.4, -0.2) is 27.7 Å². The summed E-state index contributed by atoms with van der Waals surface area (Å²) in [5, 5.41) is 0. The fourth-order valence-electron chi connectivity index (χ4n) is 1.82. The van der Waals surface area contributed by atoms with Crippen molar-refractivity contribution in [3.8, 4) is 0 Å². The third kappa shape index (κ3) is 2.62. The van der Waals surface area contributed by atoms with E-state index in [0.29, 0.717) is 19.8 Å². The van der Waals surface area contributed by atoms with Crippen molar-refractivity contribution in [3.05, 3.63) is 24.2 Å². The van der Waals surface area contributed by atoms with E-state index in [1.54, 1.807) is 6.20 Å². The smallest absolute Gasteiger partial charge is 0.160 e. The van der Waals surface area contributed by atoms with Gasteiger partial charge in [0.25, 0.3) is 0 Å². The fraction of sp³-hybridized carbons (Fsp3) is 0.500. The minimum atomic E-state index is 0.494. The fourth-order valence-corrected chi connectivity index (χ4v) is 1.82. The summed E-state index contributed by atoms with van der Waals surface area (Å²) >= 11 is 0. The molecule has 2 heterocycles. The van der Waals surface area contributed by atoms with Gasteiger partial charge < -0.3 is 15.0 Å². The molecule has 0 saturated heterocycles. The second kappa shape index (κ2) is 5.75. The number of aryl methyl sites for hydroxylation is 1. The van der Waals surface area contributed by atoms with Gasteiger partial charge in [0.15, 0.2) is 5.65 Å². The van der Waals surface area contributed by atoms with Gasteiger partial charge in [0.2, 0.25) is 0 Å². The lowest BCUT2D eigenvalue weighted by Gasteiger charge is -2.07. The molecule has 0 bridgehead atoms. The Morgan fingerprint density at radius 1 is 1.47 bits per heavy atom. The first-order chi connectivity index (χ1) is 8.36. The molecule has 0 saturated carbocycles. The van der Waals surface area contributed by atoms with Gasteiger partial charge in [0, 0.05) is 19.3 Å². The van der Waals surface area contributed by atoms with Crippen molar-refractivity contribution in [1.29, 1.82) is 0 Å². The van der Waals surface area contributed by atoms with Crippen LogP contribution in [-0.2, 0) is 17.9 Å². The van der Waals surface area contributed by atoms with E-state index in [4.69, 9.17) is 10.5 Å². The molecule has 92 valence electrons. The summed E-state index contributed by atoms with van der Waals surface area (Å²) in [6, 6.07) is 3.87. The predicted molar refractivity (Wildman–Crippen MR) is 66.5 cm³/mol. The molecule has 0 aliphatic heterocycles. The van der Waals surface area contributed by atoms with Crippen LogP contribution in [0.15, 0.2) is 18.3 Å². The number of rotatable bonds is 6. The third-order valence-corrected chi connectivity index (χ3v) is 2.52. The van der Waals surface area contributed by atoms with Gasteiger partial charge in [-0.25, -0.2) is 9.97 Å². The number of hydrogen-bond donors (Lipinski definition) is 1. The molecule has 5 heteroatoms. The van der Waals surface area contributed by atoms with Crippen molar-refractivity contribution < 1.29 is 4.74 Å². The number of fused-ring (bicyclic) bond motifs is 1. The van der Waals surface area contributed by atoms with E-state index >= 15 is 0 Å². The Hall–Kier alpha value is -1.46. The van der Waals surface area contributed by atoms with E-state index in [1.165, 1.54) is 0 Å². The van der Waals surface area contributed by atoms with Crippen molar-refractivity contribution in [2.75, 3.05) is 13.2 Å². The Labute approximate surface area is 101 Å². The quantitative estimate of drug-likeness (QED) is 0.765. The molecule has 0 radical (unpaired) electrons. The Morgan fingerprint density at radius 3 is 3.12 bits per heavy atom. The van der Waals surface area contributed by atoms with E-state index in [1.807, 2.05) is 12.1 Å².